The van der Waals surface area contributed by atoms with E-state index in [1.807, 2.05) is 50.2 Å². The van der Waals surface area contributed by atoms with Gasteiger partial charge in [0.2, 0.25) is 5.91 Å². The van der Waals surface area contributed by atoms with Gasteiger partial charge in [0.25, 0.3) is 0 Å². The number of hydrogen-bond acceptors (Lipinski definition) is 3. The molecule has 0 bridgehead atoms. The lowest BCUT2D eigenvalue weighted by molar-refractivity contribution is -0.122. The topological polar surface area (TPSA) is 47.6 Å². The molecule has 1 saturated carbocycles. The van der Waals surface area contributed by atoms with Crippen molar-refractivity contribution in [2.45, 2.75) is 65.2 Å². The molecule has 0 unspecified atom stereocenters. The number of nitrogens with one attached hydrogen (secondary N) is 1. The lowest BCUT2D eigenvalue weighted by atomic mass is 9.68. The van der Waals surface area contributed by atoms with E-state index < -0.39 is 5.41 Å². The van der Waals surface area contributed by atoms with Crippen molar-refractivity contribution >= 4 is 11.6 Å². The highest BCUT2D eigenvalue weighted by Gasteiger charge is 2.41. The van der Waals surface area contributed by atoms with Gasteiger partial charge < -0.3 is 14.8 Å². The van der Waals surface area contributed by atoms with Gasteiger partial charge in [-0.3, -0.25) is 4.79 Å². The fourth-order valence-corrected chi connectivity index (χ4v) is 4.46. The van der Waals surface area contributed by atoms with Crippen molar-refractivity contribution in [3.63, 3.8) is 0 Å². The molecule has 1 aliphatic carbocycles. The summed E-state index contributed by atoms with van der Waals surface area (Å²) < 4.78 is 11.3. The molecule has 0 atom stereocenters. The number of anilines is 1. The average Bonchev–Trinajstić information content (AvgIpc) is 2.73. The van der Waals surface area contributed by atoms with Crippen LogP contribution in [-0.4, -0.2) is 19.6 Å². The van der Waals surface area contributed by atoms with Crippen LogP contribution >= 0.6 is 0 Å². The van der Waals surface area contributed by atoms with Gasteiger partial charge in [-0.05, 0) is 73.6 Å². The largest absolute Gasteiger partial charge is 0.497 e. The summed E-state index contributed by atoms with van der Waals surface area (Å²) in [4.78, 5) is 13.6. The minimum atomic E-state index is -0.487. The van der Waals surface area contributed by atoms with E-state index in [0.717, 1.165) is 59.6 Å². The molecule has 3 rings (SSSR count). The van der Waals surface area contributed by atoms with Gasteiger partial charge in [-0.1, -0.05) is 45.2 Å². The monoisotopic (exact) mass is 409 g/mol. The Morgan fingerprint density at radius 1 is 1.03 bits per heavy atom. The molecule has 0 aliphatic heterocycles. The Hall–Kier alpha value is -2.49. The Balaban J connectivity index is 1.85. The van der Waals surface area contributed by atoms with Crippen LogP contribution in [0.2, 0.25) is 0 Å². The fraction of sp³-hybridized carbons (Fsp3) is 0.500. The van der Waals surface area contributed by atoms with Crippen molar-refractivity contribution in [3.05, 3.63) is 53.1 Å². The first-order valence-electron chi connectivity index (χ1n) is 11.1. The molecule has 0 saturated heterocycles. The van der Waals surface area contributed by atoms with Gasteiger partial charge in [-0.15, -0.1) is 0 Å². The molecule has 1 aliphatic rings. The first-order valence-corrected chi connectivity index (χ1v) is 11.1. The predicted octanol–water partition coefficient (Wildman–Crippen LogP) is 6.19. The lowest BCUT2D eigenvalue weighted by Gasteiger charge is -2.36. The Labute approximate surface area is 181 Å². The van der Waals surface area contributed by atoms with Crippen LogP contribution in [0.3, 0.4) is 0 Å². The number of rotatable bonds is 7. The lowest BCUT2D eigenvalue weighted by Crippen LogP contribution is -2.42. The Bertz CT molecular complexity index is 841. The van der Waals surface area contributed by atoms with Crippen molar-refractivity contribution < 1.29 is 14.3 Å². The van der Waals surface area contributed by atoms with E-state index in [4.69, 9.17) is 9.47 Å². The molecule has 1 fully saturated rings. The number of carbonyl (C=O) groups excluding carboxylic acids is 1. The molecule has 1 amide bonds. The smallest absolute Gasteiger partial charge is 0.235 e. The zero-order valence-electron chi connectivity index (χ0n) is 19.0. The van der Waals surface area contributed by atoms with Crippen molar-refractivity contribution in [1.29, 1.82) is 0 Å². The summed E-state index contributed by atoms with van der Waals surface area (Å²) in [5, 5.41) is 3.23. The summed E-state index contributed by atoms with van der Waals surface area (Å²) in [7, 11) is 1.66. The molecule has 2 aromatic carbocycles. The van der Waals surface area contributed by atoms with Crippen LogP contribution in [0.15, 0.2) is 36.4 Å². The minimum Gasteiger partial charge on any atom is -0.497 e. The minimum absolute atomic E-state index is 0.0852. The van der Waals surface area contributed by atoms with Gasteiger partial charge in [0, 0.05) is 5.69 Å². The van der Waals surface area contributed by atoms with Gasteiger partial charge >= 0.3 is 0 Å². The number of amides is 1. The molecule has 0 aromatic heterocycles. The fourth-order valence-electron chi connectivity index (χ4n) is 4.46. The summed E-state index contributed by atoms with van der Waals surface area (Å²) >= 11 is 0. The second-order valence-corrected chi connectivity index (χ2v) is 8.97. The first-order chi connectivity index (χ1) is 14.4. The zero-order valence-corrected chi connectivity index (χ0v) is 19.0. The van der Waals surface area contributed by atoms with Crippen LogP contribution in [-0.2, 0) is 10.2 Å². The highest BCUT2D eigenvalue weighted by Crippen LogP contribution is 2.41. The summed E-state index contributed by atoms with van der Waals surface area (Å²) in [6.07, 6.45) is 5.07. The van der Waals surface area contributed by atoms with Crippen LogP contribution in [0.25, 0.3) is 0 Å². The van der Waals surface area contributed by atoms with E-state index in [2.05, 4.69) is 19.2 Å². The van der Waals surface area contributed by atoms with E-state index in [-0.39, 0.29) is 5.91 Å². The Morgan fingerprint density at radius 2 is 1.63 bits per heavy atom. The SMILES string of the molecule is COc1ccc(C2(C(=O)Nc3cc(C)c(OCC(C)C)c(C)c3)CCCCC2)cc1. The molecule has 30 heavy (non-hydrogen) atoms. The van der Waals surface area contributed by atoms with Gasteiger partial charge in [0.1, 0.15) is 11.5 Å². The van der Waals surface area contributed by atoms with Gasteiger partial charge in [0.15, 0.2) is 0 Å². The molecular formula is C26H35NO3. The average molecular weight is 410 g/mol. The van der Waals surface area contributed by atoms with Gasteiger partial charge in [0.05, 0.1) is 19.1 Å². The summed E-state index contributed by atoms with van der Waals surface area (Å²) in [6.45, 7) is 9.05. The highest BCUT2D eigenvalue weighted by molar-refractivity contribution is 5.99. The highest BCUT2D eigenvalue weighted by atomic mass is 16.5. The standard InChI is InChI=1S/C26H35NO3/c1-18(2)17-30-24-19(3)15-22(16-20(24)4)27-25(28)26(13-7-6-8-14-26)21-9-11-23(29-5)12-10-21/h9-12,15-16,18H,6-8,13-14,17H2,1-5H3,(H,27,28). The maximum Gasteiger partial charge on any atom is 0.235 e. The number of methoxy groups -OCH3 is 1. The second kappa shape index (κ2) is 9.55. The zero-order chi connectivity index (χ0) is 21.7. The number of hydrogen-bond donors (Lipinski definition) is 1. The van der Waals surface area contributed by atoms with E-state index in [0.29, 0.717) is 12.5 Å². The van der Waals surface area contributed by atoms with E-state index in [1.165, 1.54) is 6.42 Å². The number of ether oxygens (including phenoxy) is 2. The number of carbonyl (C=O) groups is 1. The van der Waals surface area contributed by atoms with Crippen LogP contribution in [0.5, 0.6) is 11.5 Å². The summed E-state index contributed by atoms with van der Waals surface area (Å²) in [6, 6.07) is 12.0. The molecule has 0 radical (unpaired) electrons. The van der Waals surface area contributed by atoms with Crippen LogP contribution in [0.4, 0.5) is 5.69 Å². The van der Waals surface area contributed by atoms with Crippen molar-refractivity contribution in [3.8, 4) is 11.5 Å². The molecular weight excluding hydrogens is 374 g/mol. The quantitative estimate of drug-likeness (QED) is 0.593. The molecule has 0 spiro atoms. The van der Waals surface area contributed by atoms with Gasteiger partial charge in [-0.25, -0.2) is 0 Å². The third-order valence-electron chi connectivity index (χ3n) is 6.06. The summed E-state index contributed by atoms with van der Waals surface area (Å²) in [5.41, 5.74) is 3.52. The maximum atomic E-state index is 13.6. The van der Waals surface area contributed by atoms with E-state index in [1.54, 1.807) is 7.11 Å². The van der Waals surface area contributed by atoms with Crippen molar-refractivity contribution in [2.75, 3.05) is 19.0 Å². The Morgan fingerprint density at radius 3 is 2.17 bits per heavy atom. The van der Waals surface area contributed by atoms with E-state index >= 15 is 0 Å². The predicted molar refractivity (Wildman–Crippen MR) is 123 cm³/mol. The normalized spacial score (nSPS) is 15.7. The van der Waals surface area contributed by atoms with Gasteiger partial charge in [-0.2, -0.15) is 0 Å². The van der Waals surface area contributed by atoms with E-state index in [9.17, 15) is 4.79 Å². The first kappa shape index (κ1) is 22.2. The summed E-state index contributed by atoms with van der Waals surface area (Å²) in [5.74, 6) is 2.29. The van der Waals surface area contributed by atoms with Crippen molar-refractivity contribution in [1.82, 2.24) is 0 Å². The molecule has 4 nitrogen and oxygen atoms in total. The third-order valence-corrected chi connectivity index (χ3v) is 6.06. The number of benzene rings is 2. The molecule has 0 heterocycles. The maximum absolute atomic E-state index is 13.6. The molecule has 4 heteroatoms. The van der Waals surface area contributed by atoms with Crippen LogP contribution in [0, 0.1) is 19.8 Å². The molecule has 162 valence electrons. The molecule has 1 N–H and O–H groups in total. The van der Waals surface area contributed by atoms with Crippen LogP contribution in [0.1, 0.15) is 62.6 Å². The third kappa shape index (κ3) is 4.80. The second-order valence-electron chi connectivity index (χ2n) is 8.97. The van der Waals surface area contributed by atoms with Crippen LogP contribution < -0.4 is 14.8 Å². The molecule has 2 aromatic rings. The Kier molecular flexibility index (Phi) is 7.06. The van der Waals surface area contributed by atoms with Crippen molar-refractivity contribution in [2.24, 2.45) is 5.92 Å². The number of aryl methyl sites for hydroxylation is 2.